The maximum atomic E-state index is 12.7. The average molecular weight is 270 g/mol. The lowest BCUT2D eigenvalue weighted by Gasteiger charge is -2.17. The van der Waals surface area contributed by atoms with Crippen molar-refractivity contribution >= 4 is 11.6 Å². The van der Waals surface area contributed by atoms with Gasteiger partial charge in [-0.25, -0.2) is 4.98 Å². The number of nitrogens with zero attached hydrogens (tertiary/aromatic N) is 3. The molecule has 0 radical (unpaired) electrons. The summed E-state index contributed by atoms with van der Waals surface area (Å²) in [6.07, 6.45) is 4.32. The zero-order valence-electron chi connectivity index (χ0n) is 11.5. The maximum absolute atomic E-state index is 12.7. The van der Waals surface area contributed by atoms with Crippen LogP contribution in [0.15, 0.2) is 36.7 Å². The Hall–Kier alpha value is -2.14. The number of hydrogen-bond acceptors (Lipinski definition) is 3. The topological polar surface area (TPSA) is 64.2 Å². The molecule has 0 bridgehead atoms. The molecule has 2 heterocycles. The third-order valence-corrected chi connectivity index (χ3v) is 3.84. The van der Waals surface area contributed by atoms with Crippen LogP contribution in [0.3, 0.4) is 0 Å². The van der Waals surface area contributed by atoms with Crippen molar-refractivity contribution in [1.29, 1.82) is 0 Å². The van der Waals surface area contributed by atoms with E-state index in [9.17, 15) is 4.79 Å². The second-order valence-corrected chi connectivity index (χ2v) is 5.11. The van der Waals surface area contributed by atoms with Crippen molar-refractivity contribution in [2.75, 3.05) is 18.0 Å². The van der Waals surface area contributed by atoms with E-state index in [2.05, 4.69) is 11.1 Å². The van der Waals surface area contributed by atoms with Gasteiger partial charge in [0.15, 0.2) is 5.82 Å². The number of imidazole rings is 1. The zero-order chi connectivity index (χ0) is 14.1. The Morgan fingerprint density at radius 1 is 1.45 bits per heavy atom. The molecule has 1 unspecified atom stereocenters. The summed E-state index contributed by atoms with van der Waals surface area (Å²) >= 11 is 0. The van der Waals surface area contributed by atoms with Crippen LogP contribution in [-0.4, -0.2) is 28.5 Å². The molecule has 104 valence electrons. The molecule has 2 N–H and O–H groups in total. The number of aryl methyl sites for hydroxylation is 1. The van der Waals surface area contributed by atoms with Gasteiger partial charge in [-0.2, -0.15) is 0 Å². The monoisotopic (exact) mass is 270 g/mol. The molecule has 0 fully saturated rings. The first kappa shape index (κ1) is 12.9. The zero-order valence-corrected chi connectivity index (χ0v) is 11.5. The van der Waals surface area contributed by atoms with Crippen molar-refractivity contribution < 1.29 is 4.79 Å². The molecule has 1 aliphatic heterocycles. The van der Waals surface area contributed by atoms with Crippen LogP contribution in [0.4, 0.5) is 5.69 Å². The van der Waals surface area contributed by atoms with Gasteiger partial charge in [-0.05, 0) is 24.6 Å². The van der Waals surface area contributed by atoms with E-state index in [1.54, 1.807) is 17.0 Å². The lowest BCUT2D eigenvalue weighted by Crippen LogP contribution is -2.32. The molecule has 5 nitrogen and oxygen atoms in total. The van der Waals surface area contributed by atoms with E-state index in [1.165, 1.54) is 5.56 Å². The Balaban J connectivity index is 1.96. The van der Waals surface area contributed by atoms with Crippen molar-refractivity contribution in [3.8, 4) is 0 Å². The predicted octanol–water partition coefficient (Wildman–Crippen LogP) is 1.51. The van der Waals surface area contributed by atoms with Gasteiger partial charge in [0, 0.05) is 37.6 Å². The quantitative estimate of drug-likeness (QED) is 0.919. The summed E-state index contributed by atoms with van der Waals surface area (Å²) in [5, 5.41) is 0. The lowest BCUT2D eigenvalue weighted by atomic mass is 9.98. The Bertz CT molecular complexity index is 634. The highest BCUT2D eigenvalue weighted by atomic mass is 16.2. The molecule has 5 heteroatoms. The standard InChI is InChI=1S/C15H18N4O/c1-18-9-8-17-14(18)15(20)19-10-11(6-7-16)12-4-2-3-5-13(12)19/h2-5,8-9,11H,6-7,10,16H2,1H3. The molecular formula is C15H18N4O. The molecule has 0 spiro atoms. The normalized spacial score (nSPS) is 17.3. The first-order valence-electron chi connectivity index (χ1n) is 6.80. The van der Waals surface area contributed by atoms with Gasteiger partial charge in [0.25, 0.3) is 5.91 Å². The van der Waals surface area contributed by atoms with E-state index in [0.717, 1.165) is 12.1 Å². The van der Waals surface area contributed by atoms with E-state index in [4.69, 9.17) is 5.73 Å². The first-order chi connectivity index (χ1) is 9.72. The highest BCUT2D eigenvalue weighted by Crippen LogP contribution is 2.38. The molecule has 2 aromatic rings. The molecular weight excluding hydrogens is 252 g/mol. The fourth-order valence-corrected chi connectivity index (χ4v) is 2.83. The van der Waals surface area contributed by atoms with Crippen LogP contribution < -0.4 is 10.6 Å². The van der Waals surface area contributed by atoms with Gasteiger partial charge in [-0.1, -0.05) is 18.2 Å². The number of aromatic nitrogens is 2. The van der Waals surface area contributed by atoms with Crippen molar-refractivity contribution in [1.82, 2.24) is 9.55 Å². The van der Waals surface area contributed by atoms with E-state index in [1.807, 2.05) is 30.1 Å². The minimum Gasteiger partial charge on any atom is -0.330 e. The van der Waals surface area contributed by atoms with Crippen molar-refractivity contribution in [2.45, 2.75) is 12.3 Å². The largest absolute Gasteiger partial charge is 0.330 e. The van der Waals surface area contributed by atoms with Crippen LogP contribution in [0.25, 0.3) is 0 Å². The fraction of sp³-hybridized carbons (Fsp3) is 0.333. The van der Waals surface area contributed by atoms with Gasteiger partial charge >= 0.3 is 0 Å². The first-order valence-corrected chi connectivity index (χ1v) is 6.80. The second kappa shape index (κ2) is 5.09. The Kier molecular flexibility index (Phi) is 3.28. The number of carbonyl (C=O) groups is 1. The van der Waals surface area contributed by atoms with Crippen molar-refractivity contribution in [2.24, 2.45) is 12.8 Å². The number of para-hydroxylation sites is 1. The van der Waals surface area contributed by atoms with E-state index in [-0.39, 0.29) is 5.91 Å². The molecule has 1 aromatic heterocycles. The molecule has 3 rings (SSSR count). The van der Waals surface area contributed by atoms with Gasteiger partial charge in [-0.3, -0.25) is 4.79 Å². The minimum absolute atomic E-state index is 0.0514. The SMILES string of the molecule is Cn1ccnc1C(=O)N1CC(CCN)c2ccccc21. The molecule has 0 aliphatic carbocycles. The smallest absolute Gasteiger partial charge is 0.294 e. The molecule has 20 heavy (non-hydrogen) atoms. The van der Waals surface area contributed by atoms with Crippen molar-refractivity contribution in [3.05, 3.63) is 48.0 Å². The van der Waals surface area contributed by atoms with Crippen LogP contribution in [0.5, 0.6) is 0 Å². The van der Waals surface area contributed by atoms with Crippen LogP contribution in [0, 0.1) is 0 Å². The summed E-state index contributed by atoms with van der Waals surface area (Å²) in [7, 11) is 1.83. The predicted molar refractivity (Wildman–Crippen MR) is 77.7 cm³/mol. The summed E-state index contributed by atoms with van der Waals surface area (Å²) in [5.74, 6) is 0.734. The number of rotatable bonds is 3. The van der Waals surface area contributed by atoms with E-state index in [0.29, 0.717) is 24.8 Å². The number of fused-ring (bicyclic) bond motifs is 1. The van der Waals surface area contributed by atoms with Crippen LogP contribution in [0.1, 0.15) is 28.5 Å². The second-order valence-electron chi connectivity index (χ2n) is 5.11. The van der Waals surface area contributed by atoms with Crippen LogP contribution >= 0.6 is 0 Å². The van der Waals surface area contributed by atoms with E-state index < -0.39 is 0 Å². The van der Waals surface area contributed by atoms with Gasteiger partial charge in [0.05, 0.1) is 0 Å². The fourth-order valence-electron chi connectivity index (χ4n) is 2.83. The number of carbonyl (C=O) groups excluding carboxylic acids is 1. The van der Waals surface area contributed by atoms with Gasteiger partial charge in [-0.15, -0.1) is 0 Å². The molecule has 0 saturated carbocycles. The molecule has 1 atom stereocenters. The highest BCUT2D eigenvalue weighted by molar-refractivity contribution is 6.05. The third kappa shape index (κ3) is 2.00. The molecule has 1 amide bonds. The summed E-state index contributed by atoms with van der Waals surface area (Å²) in [6.45, 7) is 1.31. The third-order valence-electron chi connectivity index (χ3n) is 3.84. The summed E-state index contributed by atoms with van der Waals surface area (Å²) in [5.41, 5.74) is 7.88. The lowest BCUT2D eigenvalue weighted by molar-refractivity contribution is 0.0975. The van der Waals surface area contributed by atoms with Crippen LogP contribution in [-0.2, 0) is 7.05 Å². The van der Waals surface area contributed by atoms with Gasteiger partial charge in [0.2, 0.25) is 0 Å². The number of amides is 1. The maximum Gasteiger partial charge on any atom is 0.294 e. The van der Waals surface area contributed by atoms with Gasteiger partial charge < -0.3 is 15.2 Å². The summed E-state index contributed by atoms with van der Waals surface area (Å²) in [4.78, 5) is 18.6. The number of benzene rings is 1. The minimum atomic E-state index is -0.0514. The molecule has 0 saturated heterocycles. The summed E-state index contributed by atoms with van der Waals surface area (Å²) < 4.78 is 1.75. The Labute approximate surface area is 118 Å². The molecule has 1 aromatic carbocycles. The average Bonchev–Trinajstić information content (AvgIpc) is 3.03. The molecule has 1 aliphatic rings. The Morgan fingerprint density at radius 3 is 2.95 bits per heavy atom. The highest BCUT2D eigenvalue weighted by Gasteiger charge is 2.33. The number of hydrogen-bond donors (Lipinski definition) is 1. The number of nitrogens with two attached hydrogens (primary N) is 1. The number of anilines is 1. The van der Waals surface area contributed by atoms with Crippen molar-refractivity contribution in [3.63, 3.8) is 0 Å². The van der Waals surface area contributed by atoms with Crippen LogP contribution in [0.2, 0.25) is 0 Å². The van der Waals surface area contributed by atoms with Gasteiger partial charge in [0.1, 0.15) is 0 Å². The Morgan fingerprint density at radius 2 is 2.25 bits per heavy atom. The summed E-state index contributed by atoms with van der Waals surface area (Å²) in [6, 6.07) is 8.05. The van der Waals surface area contributed by atoms with E-state index >= 15 is 0 Å².